The highest BCUT2D eigenvalue weighted by Gasteiger charge is 2.59. The maximum atomic E-state index is 4.68. The molecule has 1 saturated heterocycles. The molecule has 0 N–H and O–H groups in total. The lowest BCUT2D eigenvalue weighted by molar-refractivity contribution is 0.284. The molecule has 0 radical (unpaired) electrons. The van der Waals surface area contributed by atoms with E-state index in [2.05, 4.69) is 123 Å². The van der Waals surface area contributed by atoms with E-state index >= 15 is 0 Å². The van der Waals surface area contributed by atoms with E-state index in [9.17, 15) is 0 Å². The molecule has 4 rings (SSSR count). The molecule has 29 heavy (non-hydrogen) atoms. The summed E-state index contributed by atoms with van der Waals surface area (Å²) in [4.78, 5) is 5.12. The second-order valence-electron chi connectivity index (χ2n) is 9.83. The Balaban J connectivity index is 0.000000755. The van der Waals surface area contributed by atoms with Crippen LogP contribution in [0.3, 0.4) is 0 Å². The molecule has 0 saturated carbocycles. The lowest BCUT2D eigenvalue weighted by Gasteiger charge is -2.59. The summed E-state index contributed by atoms with van der Waals surface area (Å²) < 4.78 is 4.80. The number of fused-ring (bicyclic) bond motifs is 3. The van der Waals surface area contributed by atoms with E-state index in [1.54, 1.807) is 0 Å². The summed E-state index contributed by atoms with van der Waals surface area (Å²) in [7, 11) is 0. The first-order valence-electron chi connectivity index (χ1n) is 11.0. The van der Waals surface area contributed by atoms with Crippen LogP contribution in [0.25, 0.3) is 0 Å². The first-order chi connectivity index (χ1) is 13.6. The van der Waals surface area contributed by atoms with Crippen LogP contribution >= 0.6 is 0 Å². The number of aromatic nitrogens is 2. The largest absolute Gasteiger partial charge is 0.381 e. The standard InChI is InChI=1S/C19H29B2N5.C3H8/c1-18(2,3)26-20(6)23(15-11-9-8-10-12-15)17-19(4,5)25-16(13-14-22-25)24(17)21(26)7;1-3-2/h8-14,17H,1-7H3;3H2,1-2H3. The Morgan fingerprint density at radius 1 is 0.966 bits per heavy atom. The number of benzene rings is 1. The van der Waals surface area contributed by atoms with Crippen molar-refractivity contribution in [2.24, 2.45) is 0 Å². The summed E-state index contributed by atoms with van der Waals surface area (Å²) >= 11 is 0. The van der Waals surface area contributed by atoms with Crippen molar-refractivity contribution in [2.45, 2.75) is 85.8 Å². The quantitative estimate of drug-likeness (QED) is 0.635. The van der Waals surface area contributed by atoms with Gasteiger partial charge in [0.15, 0.2) is 0 Å². The molecule has 1 fully saturated rings. The van der Waals surface area contributed by atoms with Crippen LogP contribution < -0.4 is 9.62 Å². The molecule has 5 nitrogen and oxygen atoms in total. The van der Waals surface area contributed by atoms with Crippen molar-refractivity contribution in [3.63, 3.8) is 0 Å². The molecular formula is C22H37B2N5. The van der Waals surface area contributed by atoms with Crippen molar-refractivity contribution in [1.29, 1.82) is 0 Å². The van der Waals surface area contributed by atoms with Gasteiger partial charge in [0.25, 0.3) is 0 Å². The maximum absolute atomic E-state index is 4.68. The van der Waals surface area contributed by atoms with Crippen molar-refractivity contribution >= 4 is 25.5 Å². The van der Waals surface area contributed by atoms with Crippen LogP contribution in [0.2, 0.25) is 13.6 Å². The molecule has 2 aliphatic rings. The third-order valence-electron chi connectivity index (χ3n) is 6.03. The van der Waals surface area contributed by atoms with Gasteiger partial charge in [-0.2, -0.15) is 5.10 Å². The highest BCUT2D eigenvalue weighted by molar-refractivity contribution is 6.77. The smallest absolute Gasteiger partial charge is 0.333 e. The van der Waals surface area contributed by atoms with Gasteiger partial charge in [-0.25, -0.2) is 4.68 Å². The van der Waals surface area contributed by atoms with Crippen molar-refractivity contribution in [2.75, 3.05) is 9.62 Å². The molecule has 1 aromatic carbocycles. The van der Waals surface area contributed by atoms with Gasteiger partial charge in [-0.1, -0.05) is 52.1 Å². The van der Waals surface area contributed by atoms with Gasteiger partial charge in [-0.3, -0.25) is 0 Å². The van der Waals surface area contributed by atoms with Crippen LogP contribution in [-0.2, 0) is 5.54 Å². The molecule has 0 bridgehead atoms. The van der Waals surface area contributed by atoms with Gasteiger partial charge in [-0.15, -0.1) is 0 Å². The first-order valence-corrected chi connectivity index (χ1v) is 11.0. The summed E-state index contributed by atoms with van der Waals surface area (Å²) in [5.74, 6) is 1.20. The lowest BCUT2D eigenvalue weighted by Crippen LogP contribution is -2.79. The molecule has 0 aliphatic carbocycles. The Bertz CT molecular complexity index is 814. The van der Waals surface area contributed by atoms with Gasteiger partial charge in [-0.05, 0) is 58.4 Å². The molecule has 3 heterocycles. The number of hydrogen-bond donors (Lipinski definition) is 0. The molecular weight excluding hydrogens is 356 g/mol. The molecule has 156 valence electrons. The van der Waals surface area contributed by atoms with Crippen LogP contribution in [0.4, 0.5) is 11.5 Å². The van der Waals surface area contributed by atoms with E-state index < -0.39 is 0 Å². The molecule has 1 unspecified atom stereocenters. The van der Waals surface area contributed by atoms with Crippen molar-refractivity contribution in [3.05, 3.63) is 42.6 Å². The lowest BCUT2D eigenvalue weighted by atomic mass is 9.53. The summed E-state index contributed by atoms with van der Waals surface area (Å²) in [6.45, 7) is 21.0. The first kappa shape index (κ1) is 21.8. The fraction of sp³-hybridized carbons (Fsp3) is 0.591. The number of rotatable bonds is 1. The van der Waals surface area contributed by atoms with Gasteiger partial charge in [0.2, 0.25) is 0 Å². The average molecular weight is 393 g/mol. The van der Waals surface area contributed by atoms with E-state index in [0.717, 1.165) is 0 Å². The third-order valence-corrected chi connectivity index (χ3v) is 6.03. The Labute approximate surface area is 178 Å². The minimum Gasteiger partial charge on any atom is -0.381 e. The Morgan fingerprint density at radius 2 is 1.52 bits per heavy atom. The predicted molar refractivity (Wildman–Crippen MR) is 128 cm³/mol. The average Bonchev–Trinajstić information content (AvgIpc) is 3.18. The zero-order chi connectivity index (χ0) is 21.6. The van der Waals surface area contributed by atoms with Crippen LogP contribution in [-0.4, -0.2) is 40.2 Å². The monoisotopic (exact) mass is 393 g/mol. The SMILES string of the molecule is CB1N(c2ccccc2)C2N(B(C)N1C(C)(C)C)c1ccnn1C2(C)C.CCC. The highest BCUT2D eigenvalue weighted by atomic mass is 15.6. The van der Waals surface area contributed by atoms with Gasteiger partial charge < -0.3 is 14.3 Å². The van der Waals surface area contributed by atoms with E-state index in [0.29, 0.717) is 0 Å². The minimum absolute atomic E-state index is 0.0500. The highest BCUT2D eigenvalue weighted by Crippen LogP contribution is 2.46. The van der Waals surface area contributed by atoms with Gasteiger partial charge in [0, 0.05) is 5.69 Å². The molecule has 0 amide bonds. The molecule has 7 heteroatoms. The van der Waals surface area contributed by atoms with E-state index in [1.807, 2.05) is 6.20 Å². The topological polar surface area (TPSA) is 27.5 Å². The summed E-state index contributed by atoms with van der Waals surface area (Å²) in [5, 5.41) is 4.68. The fourth-order valence-corrected chi connectivity index (χ4v) is 5.24. The predicted octanol–water partition coefficient (Wildman–Crippen LogP) is 5.04. The summed E-state index contributed by atoms with van der Waals surface area (Å²) in [6.07, 6.45) is 3.39. The van der Waals surface area contributed by atoms with Crippen molar-refractivity contribution in [1.82, 2.24) is 14.5 Å². The number of anilines is 2. The number of hydrogen-bond acceptors (Lipinski definition) is 4. The number of nitrogens with zero attached hydrogens (tertiary/aromatic N) is 5. The number of para-hydroxylation sites is 1. The van der Waals surface area contributed by atoms with Gasteiger partial charge in [0.1, 0.15) is 12.0 Å². The van der Waals surface area contributed by atoms with E-state index in [4.69, 9.17) is 0 Å². The Kier molecular flexibility index (Phi) is 5.83. The second-order valence-corrected chi connectivity index (χ2v) is 9.83. The summed E-state index contributed by atoms with van der Waals surface area (Å²) in [5.41, 5.74) is 1.19. The Morgan fingerprint density at radius 3 is 2.07 bits per heavy atom. The van der Waals surface area contributed by atoms with Crippen LogP contribution in [0, 0.1) is 0 Å². The van der Waals surface area contributed by atoms with Gasteiger partial charge in [0.05, 0.1) is 11.7 Å². The molecule has 2 aliphatic heterocycles. The maximum Gasteiger partial charge on any atom is 0.333 e. The normalized spacial score (nSPS) is 20.9. The van der Waals surface area contributed by atoms with E-state index in [-0.39, 0.29) is 31.2 Å². The van der Waals surface area contributed by atoms with Gasteiger partial charge >= 0.3 is 14.0 Å². The van der Waals surface area contributed by atoms with Crippen molar-refractivity contribution < 1.29 is 0 Å². The second kappa shape index (κ2) is 7.75. The van der Waals surface area contributed by atoms with Crippen LogP contribution in [0.15, 0.2) is 42.6 Å². The zero-order valence-corrected chi connectivity index (χ0v) is 19.7. The third kappa shape index (κ3) is 3.48. The molecule has 1 atom stereocenters. The fourth-order valence-electron chi connectivity index (χ4n) is 5.24. The van der Waals surface area contributed by atoms with Crippen molar-refractivity contribution in [3.8, 4) is 0 Å². The minimum atomic E-state index is -0.124. The molecule has 2 aromatic rings. The van der Waals surface area contributed by atoms with Crippen LogP contribution in [0.5, 0.6) is 0 Å². The Hall–Kier alpha value is -1.88. The molecule has 0 spiro atoms. The molecule has 1 aromatic heterocycles. The zero-order valence-electron chi connectivity index (χ0n) is 19.7. The van der Waals surface area contributed by atoms with Crippen LogP contribution in [0.1, 0.15) is 54.9 Å². The summed E-state index contributed by atoms with van der Waals surface area (Å²) in [6, 6.07) is 13.0. The van der Waals surface area contributed by atoms with E-state index in [1.165, 1.54) is 17.9 Å².